The standard InChI is InChI=1S/C9H6ClN3O.C6H15N/c10-5-1-2-6-7(3-5)12-4-8(13-6)9(11)14;1-4-7(5-2)6-3/h1-4H,(H2,11,14);4-6H2,1-3H3. The monoisotopic (exact) mass is 308 g/mol. The van der Waals surface area contributed by atoms with Crippen LogP contribution in [-0.2, 0) is 0 Å². The lowest BCUT2D eigenvalue weighted by Gasteiger charge is -2.13. The van der Waals surface area contributed by atoms with E-state index in [9.17, 15) is 4.79 Å². The number of benzene rings is 1. The molecule has 0 aliphatic rings. The number of rotatable bonds is 4. The molecule has 1 aromatic heterocycles. The molecule has 0 aliphatic heterocycles. The van der Waals surface area contributed by atoms with Crippen LogP contribution in [0.25, 0.3) is 11.0 Å². The highest BCUT2D eigenvalue weighted by Crippen LogP contribution is 2.15. The Kier molecular flexibility index (Phi) is 7.05. The fraction of sp³-hybridized carbons (Fsp3) is 0.400. The highest BCUT2D eigenvalue weighted by atomic mass is 35.5. The number of hydrogen-bond acceptors (Lipinski definition) is 4. The fourth-order valence-electron chi connectivity index (χ4n) is 1.77. The molecule has 0 saturated heterocycles. The van der Waals surface area contributed by atoms with Gasteiger partial charge in [-0.2, -0.15) is 0 Å². The van der Waals surface area contributed by atoms with Gasteiger partial charge in [0.2, 0.25) is 0 Å². The number of amides is 1. The first-order valence-electron chi connectivity index (χ1n) is 6.96. The summed E-state index contributed by atoms with van der Waals surface area (Å²) in [4.78, 5) is 21.2. The van der Waals surface area contributed by atoms with Gasteiger partial charge in [-0.05, 0) is 37.8 Å². The minimum absolute atomic E-state index is 0.153. The van der Waals surface area contributed by atoms with Crippen LogP contribution in [0, 0.1) is 0 Å². The molecule has 0 spiro atoms. The van der Waals surface area contributed by atoms with E-state index >= 15 is 0 Å². The Balaban J connectivity index is 0.000000270. The van der Waals surface area contributed by atoms with E-state index in [1.165, 1.54) is 25.8 Å². The van der Waals surface area contributed by atoms with Gasteiger partial charge in [0.1, 0.15) is 5.69 Å². The summed E-state index contributed by atoms with van der Waals surface area (Å²) in [5.41, 5.74) is 6.46. The summed E-state index contributed by atoms with van der Waals surface area (Å²) in [6.45, 7) is 10.1. The van der Waals surface area contributed by atoms with Crippen molar-refractivity contribution >= 4 is 28.5 Å². The van der Waals surface area contributed by atoms with E-state index in [0.717, 1.165) is 0 Å². The van der Waals surface area contributed by atoms with Crippen LogP contribution < -0.4 is 5.73 Å². The summed E-state index contributed by atoms with van der Waals surface area (Å²) in [6.07, 6.45) is 1.33. The lowest BCUT2D eigenvalue weighted by molar-refractivity contribution is 0.0995. The molecule has 21 heavy (non-hydrogen) atoms. The highest BCUT2D eigenvalue weighted by Gasteiger charge is 2.04. The van der Waals surface area contributed by atoms with Crippen molar-refractivity contribution in [1.29, 1.82) is 0 Å². The largest absolute Gasteiger partial charge is 0.364 e. The predicted molar refractivity (Wildman–Crippen MR) is 86.5 cm³/mol. The molecule has 2 N–H and O–H groups in total. The third-order valence-electron chi connectivity index (χ3n) is 3.10. The van der Waals surface area contributed by atoms with Crippen LogP contribution in [0.2, 0.25) is 5.02 Å². The molecule has 114 valence electrons. The quantitative estimate of drug-likeness (QED) is 0.942. The van der Waals surface area contributed by atoms with E-state index in [1.807, 2.05) is 0 Å². The van der Waals surface area contributed by atoms with Gasteiger partial charge < -0.3 is 10.6 Å². The summed E-state index contributed by atoms with van der Waals surface area (Å²) in [6, 6.07) is 5.05. The van der Waals surface area contributed by atoms with Gasteiger partial charge in [0.15, 0.2) is 0 Å². The third-order valence-corrected chi connectivity index (χ3v) is 3.33. The summed E-state index contributed by atoms with van der Waals surface area (Å²) < 4.78 is 0. The Labute approximate surface area is 130 Å². The van der Waals surface area contributed by atoms with Crippen LogP contribution in [-0.4, -0.2) is 40.4 Å². The molecule has 0 aliphatic carbocycles. The van der Waals surface area contributed by atoms with Crippen molar-refractivity contribution in [2.24, 2.45) is 5.73 Å². The Hall–Kier alpha value is -1.72. The SMILES string of the molecule is CCN(CC)CC.NC(=O)c1cnc2cc(Cl)ccc2n1. The molecule has 1 heterocycles. The van der Waals surface area contributed by atoms with E-state index < -0.39 is 5.91 Å². The molecule has 0 unspecified atom stereocenters. The molecule has 5 nitrogen and oxygen atoms in total. The summed E-state index contributed by atoms with van der Waals surface area (Å²) in [5.74, 6) is -0.589. The second-order valence-corrected chi connectivity index (χ2v) is 4.81. The summed E-state index contributed by atoms with van der Waals surface area (Å²) in [5, 5.41) is 0.582. The normalized spacial score (nSPS) is 10.3. The van der Waals surface area contributed by atoms with Crippen molar-refractivity contribution < 1.29 is 4.79 Å². The average molecular weight is 309 g/mol. The average Bonchev–Trinajstić information content (AvgIpc) is 2.49. The molecule has 0 atom stereocenters. The molecule has 1 aromatic carbocycles. The molecule has 2 aromatic rings. The molecule has 2 rings (SSSR count). The number of hydrogen-bond donors (Lipinski definition) is 1. The van der Waals surface area contributed by atoms with E-state index in [2.05, 4.69) is 35.6 Å². The number of halogens is 1. The minimum atomic E-state index is -0.589. The first-order valence-corrected chi connectivity index (χ1v) is 7.34. The third kappa shape index (κ3) is 5.28. The number of fused-ring (bicyclic) bond motifs is 1. The van der Waals surface area contributed by atoms with Crippen molar-refractivity contribution in [3.05, 3.63) is 35.1 Å². The number of primary amides is 1. The maximum atomic E-state index is 10.8. The molecule has 0 radical (unpaired) electrons. The van der Waals surface area contributed by atoms with Crippen molar-refractivity contribution in [3.63, 3.8) is 0 Å². The first kappa shape index (κ1) is 17.3. The van der Waals surface area contributed by atoms with Crippen molar-refractivity contribution in [2.75, 3.05) is 19.6 Å². The van der Waals surface area contributed by atoms with Gasteiger partial charge in [-0.15, -0.1) is 0 Å². The smallest absolute Gasteiger partial charge is 0.268 e. The van der Waals surface area contributed by atoms with Crippen LogP contribution in [0.4, 0.5) is 0 Å². The number of carbonyl (C=O) groups excluding carboxylic acids is 1. The molecule has 0 bridgehead atoms. The molecular weight excluding hydrogens is 288 g/mol. The van der Waals surface area contributed by atoms with Crippen molar-refractivity contribution in [1.82, 2.24) is 14.9 Å². The highest BCUT2D eigenvalue weighted by molar-refractivity contribution is 6.31. The van der Waals surface area contributed by atoms with E-state index in [-0.39, 0.29) is 5.69 Å². The van der Waals surface area contributed by atoms with Crippen molar-refractivity contribution in [3.8, 4) is 0 Å². The number of nitrogens with two attached hydrogens (primary N) is 1. The minimum Gasteiger partial charge on any atom is -0.364 e. The second kappa shape index (κ2) is 8.54. The Morgan fingerprint density at radius 1 is 1.19 bits per heavy atom. The van der Waals surface area contributed by atoms with Gasteiger partial charge >= 0.3 is 0 Å². The Morgan fingerprint density at radius 3 is 2.29 bits per heavy atom. The van der Waals surface area contributed by atoms with Gasteiger partial charge in [-0.3, -0.25) is 9.78 Å². The Morgan fingerprint density at radius 2 is 1.81 bits per heavy atom. The molecule has 0 saturated carbocycles. The van der Waals surface area contributed by atoms with Gasteiger partial charge in [0, 0.05) is 5.02 Å². The van der Waals surface area contributed by atoms with Crippen LogP contribution >= 0.6 is 11.6 Å². The van der Waals surface area contributed by atoms with Gasteiger partial charge in [0.25, 0.3) is 5.91 Å². The predicted octanol–water partition coefficient (Wildman–Crippen LogP) is 2.73. The molecule has 1 amide bonds. The zero-order valence-electron chi connectivity index (χ0n) is 12.6. The first-order chi connectivity index (χ1) is 10.0. The summed E-state index contributed by atoms with van der Waals surface area (Å²) >= 11 is 5.76. The molecule has 6 heteroatoms. The van der Waals surface area contributed by atoms with Crippen molar-refractivity contribution in [2.45, 2.75) is 20.8 Å². The van der Waals surface area contributed by atoms with Gasteiger partial charge in [-0.1, -0.05) is 32.4 Å². The van der Waals surface area contributed by atoms with Crippen LogP contribution in [0.1, 0.15) is 31.3 Å². The van der Waals surface area contributed by atoms with E-state index in [0.29, 0.717) is 16.1 Å². The van der Waals surface area contributed by atoms with Crippen LogP contribution in [0.5, 0.6) is 0 Å². The zero-order chi connectivity index (χ0) is 15.8. The zero-order valence-corrected chi connectivity index (χ0v) is 13.4. The fourth-order valence-corrected chi connectivity index (χ4v) is 1.94. The molecular formula is C15H21ClN4O. The number of nitrogens with zero attached hydrogens (tertiary/aromatic N) is 3. The lowest BCUT2D eigenvalue weighted by atomic mass is 10.3. The van der Waals surface area contributed by atoms with Gasteiger partial charge in [0.05, 0.1) is 17.2 Å². The summed E-state index contributed by atoms with van der Waals surface area (Å²) in [7, 11) is 0. The number of carbonyl (C=O) groups is 1. The maximum absolute atomic E-state index is 10.8. The topological polar surface area (TPSA) is 72.1 Å². The van der Waals surface area contributed by atoms with Crippen LogP contribution in [0.3, 0.4) is 0 Å². The maximum Gasteiger partial charge on any atom is 0.268 e. The number of aromatic nitrogens is 2. The van der Waals surface area contributed by atoms with Crippen LogP contribution in [0.15, 0.2) is 24.4 Å². The lowest BCUT2D eigenvalue weighted by Crippen LogP contribution is -2.21. The van der Waals surface area contributed by atoms with Gasteiger partial charge in [-0.25, -0.2) is 4.98 Å². The van der Waals surface area contributed by atoms with E-state index in [1.54, 1.807) is 18.2 Å². The Bertz CT molecular complexity index is 594. The second-order valence-electron chi connectivity index (χ2n) is 4.37. The molecule has 0 fully saturated rings. The van der Waals surface area contributed by atoms with E-state index in [4.69, 9.17) is 17.3 Å².